The number of fused-ring (bicyclic) bond motifs is 3. The summed E-state index contributed by atoms with van der Waals surface area (Å²) < 4.78 is 6.83. The summed E-state index contributed by atoms with van der Waals surface area (Å²) in [6, 6.07) is 20.4. The van der Waals surface area contributed by atoms with E-state index in [2.05, 4.69) is 15.6 Å². The van der Waals surface area contributed by atoms with Crippen molar-refractivity contribution in [3.63, 3.8) is 0 Å². The lowest BCUT2D eigenvalue weighted by Gasteiger charge is -2.13. The van der Waals surface area contributed by atoms with Crippen molar-refractivity contribution in [3.05, 3.63) is 100 Å². The van der Waals surface area contributed by atoms with Gasteiger partial charge in [0.2, 0.25) is 11.5 Å². The lowest BCUT2D eigenvalue weighted by atomic mass is 10.2. The zero-order chi connectivity index (χ0) is 23.7. The lowest BCUT2D eigenvalue weighted by Crippen LogP contribution is -2.28. The molecule has 0 radical (unpaired) electrons. The molecule has 0 bridgehead atoms. The van der Waals surface area contributed by atoms with E-state index >= 15 is 0 Å². The first-order valence-corrected chi connectivity index (χ1v) is 10.7. The fourth-order valence-corrected chi connectivity index (χ4v) is 3.70. The van der Waals surface area contributed by atoms with Gasteiger partial charge in [-0.1, -0.05) is 35.9 Å². The van der Waals surface area contributed by atoms with Gasteiger partial charge < -0.3 is 15.1 Å². The Kier molecular flexibility index (Phi) is 5.57. The maximum atomic E-state index is 12.9. The Morgan fingerprint density at radius 3 is 2.35 bits per heavy atom. The van der Waals surface area contributed by atoms with E-state index in [-0.39, 0.29) is 18.0 Å². The SMILES string of the molecule is O=C(Cn1cnc2c(oc3ccccc32)c1=O)Nc1ccccc1NC(=O)c1ccc(Cl)cc1. The van der Waals surface area contributed by atoms with Gasteiger partial charge in [0.1, 0.15) is 17.6 Å². The van der Waals surface area contributed by atoms with Crippen LogP contribution >= 0.6 is 11.6 Å². The van der Waals surface area contributed by atoms with Gasteiger partial charge in [-0.3, -0.25) is 19.0 Å². The quantitative estimate of drug-likeness (QED) is 0.386. The van der Waals surface area contributed by atoms with Crippen LogP contribution in [0.2, 0.25) is 5.02 Å². The highest BCUT2D eigenvalue weighted by Gasteiger charge is 2.16. The molecule has 34 heavy (non-hydrogen) atoms. The van der Waals surface area contributed by atoms with Gasteiger partial charge in [0.15, 0.2) is 0 Å². The Bertz CT molecular complexity index is 1610. The third-order valence-corrected chi connectivity index (χ3v) is 5.47. The molecule has 168 valence electrons. The van der Waals surface area contributed by atoms with Crippen LogP contribution in [0.1, 0.15) is 10.4 Å². The van der Waals surface area contributed by atoms with Gasteiger partial charge >= 0.3 is 0 Å². The van der Waals surface area contributed by atoms with E-state index in [0.29, 0.717) is 33.1 Å². The van der Waals surface area contributed by atoms with Crippen molar-refractivity contribution in [3.8, 4) is 0 Å². The molecule has 0 saturated heterocycles. The Hall–Kier alpha value is -4.43. The van der Waals surface area contributed by atoms with E-state index in [1.54, 1.807) is 60.7 Å². The fourth-order valence-electron chi connectivity index (χ4n) is 3.57. The van der Waals surface area contributed by atoms with Crippen LogP contribution in [-0.4, -0.2) is 21.4 Å². The number of carbonyl (C=O) groups is 2. The van der Waals surface area contributed by atoms with Crippen molar-refractivity contribution in [2.45, 2.75) is 6.54 Å². The topological polar surface area (TPSA) is 106 Å². The number of nitrogens with one attached hydrogen (secondary N) is 2. The average Bonchev–Trinajstić information content (AvgIpc) is 3.22. The minimum atomic E-state index is -0.465. The van der Waals surface area contributed by atoms with Gasteiger partial charge in [0.25, 0.3) is 11.5 Å². The average molecular weight is 473 g/mol. The highest BCUT2D eigenvalue weighted by atomic mass is 35.5. The molecule has 9 heteroatoms. The number of para-hydroxylation sites is 3. The van der Waals surface area contributed by atoms with Crippen LogP contribution in [0.4, 0.5) is 11.4 Å². The number of amides is 2. The molecule has 0 aliphatic rings. The number of carbonyl (C=O) groups excluding carboxylic acids is 2. The van der Waals surface area contributed by atoms with Crippen LogP contribution < -0.4 is 16.2 Å². The molecule has 2 aromatic heterocycles. The number of furan rings is 1. The number of aromatic nitrogens is 2. The molecule has 0 aliphatic carbocycles. The van der Waals surface area contributed by atoms with Gasteiger partial charge in [-0.25, -0.2) is 4.98 Å². The molecule has 0 unspecified atom stereocenters. The van der Waals surface area contributed by atoms with Crippen LogP contribution in [0.15, 0.2) is 88.3 Å². The van der Waals surface area contributed by atoms with Crippen molar-refractivity contribution in [2.75, 3.05) is 10.6 Å². The molecule has 5 rings (SSSR count). The fraction of sp³-hybridized carbons (Fsp3) is 0.0400. The van der Waals surface area contributed by atoms with E-state index in [1.165, 1.54) is 10.9 Å². The molecule has 0 spiro atoms. The Morgan fingerprint density at radius 1 is 0.912 bits per heavy atom. The van der Waals surface area contributed by atoms with Gasteiger partial charge in [0.05, 0.1) is 17.7 Å². The van der Waals surface area contributed by atoms with Crippen molar-refractivity contribution >= 4 is 56.9 Å². The summed E-state index contributed by atoms with van der Waals surface area (Å²) in [5, 5.41) is 6.76. The summed E-state index contributed by atoms with van der Waals surface area (Å²) in [5.74, 6) is -0.818. The van der Waals surface area contributed by atoms with Gasteiger partial charge in [-0.15, -0.1) is 0 Å². The summed E-state index contributed by atoms with van der Waals surface area (Å²) in [7, 11) is 0. The van der Waals surface area contributed by atoms with Crippen molar-refractivity contribution in [1.82, 2.24) is 9.55 Å². The number of rotatable bonds is 5. The summed E-state index contributed by atoms with van der Waals surface area (Å²) in [4.78, 5) is 42.5. The van der Waals surface area contributed by atoms with E-state index in [1.807, 2.05) is 12.1 Å². The summed E-state index contributed by atoms with van der Waals surface area (Å²) >= 11 is 5.88. The molecule has 0 fully saturated rings. The summed E-state index contributed by atoms with van der Waals surface area (Å²) in [6.07, 6.45) is 1.32. The first-order chi connectivity index (χ1) is 16.5. The zero-order valence-corrected chi connectivity index (χ0v) is 18.4. The second kappa shape index (κ2) is 8.84. The van der Waals surface area contributed by atoms with Gasteiger partial charge in [-0.2, -0.15) is 0 Å². The standard InChI is InChI=1S/C25H17ClN4O4/c26-16-11-9-15(10-12-16)24(32)29-19-7-3-2-6-18(19)28-21(31)13-30-14-27-22-17-5-1-4-8-20(17)34-23(22)25(30)33/h1-12,14H,13H2,(H,28,31)(H,29,32). The van der Waals surface area contributed by atoms with E-state index in [0.717, 1.165) is 5.39 Å². The number of hydrogen-bond acceptors (Lipinski definition) is 5. The Balaban J connectivity index is 1.35. The normalized spacial score (nSPS) is 11.0. The minimum absolute atomic E-state index is 0.0899. The number of hydrogen-bond donors (Lipinski definition) is 2. The molecule has 3 aromatic carbocycles. The van der Waals surface area contributed by atoms with E-state index < -0.39 is 11.5 Å². The van der Waals surface area contributed by atoms with Crippen LogP contribution in [0.25, 0.3) is 22.1 Å². The second-order valence-corrected chi connectivity index (χ2v) is 7.94. The molecule has 5 aromatic rings. The van der Waals surface area contributed by atoms with Crippen LogP contribution in [0.5, 0.6) is 0 Å². The second-order valence-electron chi connectivity index (χ2n) is 7.51. The minimum Gasteiger partial charge on any atom is -0.448 e. The monoisotopic (exact) mass is 472 g/mol. The molecular formula is C25H17ClN4O4. The van der Waals surface area contributed by atoms with Crippen molar-refractivity contribution in [1.29, 1.82) is 0 Å². The predicted octanol–water partition coefficient (Wildman–Crippen LogP) is 4.69. The van der Waals surface area contributed by atoms with Gasteiger partial charge in [0, 0.05) is 16.0 Å². The molecule has 2 N–H and O–H groups in total. The van der Waals surface area contributed by atoms with Crippen molar-refractivity contribution in [2.24, 2.45) is 0 Å². The lowest BCUT2D eigenvalue weighted by molar-refractivity contribution is -0.116. The molecule has 2 heterocycles. The number of nitrogens with zero attached hydrogens (tertiary/aromatic N) is 2. The number of benzene rings is 3. The highest BCUT2D eigenvalue weighted by molar-refractivity contribution is 6.30. The summed E-state index contributed by atoms with van der Waals surface area (Å²) in [6.45, 7) is -0.279. The maximum absolute atomic E-state index is 12.9. The number of halogens is 1. The first-order valence-electron chi connectivity index (χ1n) is 10.3. The first kappa shape index (κ1) is 21.4. The van der Waals surface area contributed by atoms with E-state index in [9.17, 15) is 14.4 Å². The molecule has 0 atom stereocenters. The van der Waals surface area contributed by atoms with Crippen LogP contribution in [-0.2, 0) is 11.3 Å². The smallest absolute Gasteiger partial charge is 0.297 e. The Labute approximate surface area is 197 Å². The molecule has 0 aliphatic heterocycles. The third-order valence-electron chi connectivity index (χ3n) is 5.22. The highest BCUT2D eigenvalue weighted by Crippen LogP contribution is 2.24. The van der Waals surface area contributed by atoms with E-state index in [4.69, 9.17) is 16.0 Å². The third kappa shape index (κ3) is 4.14. The van der Waals surface area contributed by atoms with Crippen LogP contribution in [0, 0.1) is 0 Å². The zero-order valence-electron chi connectivity index (χ0n) is 17.6. The maximum Gasteiger partial charge on any atom is 0.297 e. The summed E-state index contributed by atoms with van der Waals surface area (Å²) in [5.41, 5.74) is 1.85. The van der Waals surface area contributed by atoms with Gasteiger partial charge in [-0.05, 0) is 48.5 Å². The largest absolute Gasteiger partial charge is 0.448 e. The predicted molar refractivity (Wildman–Crippen MR) is 130 cm³/mol. The van der Waals surface area contributed by atoms with Crippen LogP contribution in [0.3, 0.4) is 0 Å². The molecule has 2 amide bonds. The molecule has 0 saturated carbocycles. The Morgan fingerprint density at radius 2 is 1.59 bits per heavy atom. The van der Waals surface area contributed by atoms with Crippen molar-refractivity contribution < 1.29 is 14.0 Å². The molecular weight excluding hydrogens is 456 g/mol. The molecule has 8 nitrogen and oxygen atoms in total. The number of anilines is 2.